The van der Waals surface area contributed by atoms with E-state index in [0.29, 0.717) is 46.4 Å². The fourth-order valence-electron chi connectivity index (χ4n) is 2.08. The molecule has 0 radical (unpaired) electrons. The number of carboxylic acids is 6. The van der Waals surface area contributed by atoms with Gasteiger partial charge < -0.3 is 49.8 Å². The standard InChI is InChI=1S/2C7H15NO3.2C4H4O4.Ca/c2*1-8(2,3)5-6(9)4-7(10)11;2*5-3(6)1-2-4(7)8;/h2*6,9H,4-5H2,1-3H3;2*1-2H,(H,5,6)(H,7,8);/q;;;;+2/p+2/b;;2*2-1+;/t2*6-;;;/m00.../s1. The van der Waals surface area contributed by atoms with Crippen molar-refractivity contribution >= 4 is 73.6 Å². The van der Waals surface area contributed by atoms with Crippen LogP contribution in [-0.4, -0.2) is 191 Å². The Morgan fingerprint density at radius 2 is 0.692 bits per heavy atom. The number of aliphatic hydroxyl groups excluding tert-OH is 2. The van der Waals surface area contributed by atoms with Crippen molar-refractivity contribution in [1.29, 1.82) is 0 Å². The summed E-state index contributed by atoms with van der Waals surface area (Å²) in [7, 11) is 11.4. The van der Waals surface area contributed by atoms with E-state index in [9.17, 15) is 28.8 Å². The minimum absolute atomic E-state index is 0. The van der Waals surface area contributed by atoms with E-state index in [1.165, 1.54) is 0 Å². The monoisotopic (exact) mass is 596 g/mol. The second-order valence-corrected chi connectivity index (χ2v) is 9.47. The molecular formula is C22H40CaN2O14+4. The van der Waals surface area contributed by atoms with Gasteiger partial charge in [0.1, 0.15) is 25.3 Å². The number of aliphatic hydroxyl groups is 2. The first-order valence-corrected chi connectivity index (χ1v) is 10.6. The van der Waals surface area contributed by atoms with Gasteiger partial charge in [-0.25, -0.2) is 19.2 Å². The third kappa shape index (κ3) is 61.2. The van der Waals surface area contributed by atoms with Crippen molar-refractivity contribution in [2.45, 2.75) is 25.0 Å². The number of hydrogen-bond acceptors (Lipinski definition) is 8. The van der Waals surface area contributed by atoms with Gasteiger partial charge in [-0.15, -0.1) is 0 Å². The van der Waals surface area contributed by atoms with Gasteiger partial charge >= 0.3 is 73.6 Å². The van der Waals surface area contributed by atoms with E-state index in [1.807, 2.05) is 42.3 Å². The molecule has 0 saturated carbocycles. The van der Waals surface area contributed by atoms with Crippen LogP contribution in [0.1, 0.15) is 12.8 Å². The molecule has 0 aromatic rings. The summed E-state index contributed by atoms with van der Waals surface area (Å²) in [5, 5.41) is 66.2. The summed E-state index contributed by atoms with van der Waals surface area (Å²) >= 11 is 0. The summed E-state index contributed by atoms with van der Waals surface area (Å²) in [5.74, 6) is -6.93. The molecule has 0 aliphatic heterocycles. The largest absolute Gasteiger partial charge is 2.00 e. The number of nitrogens with zero attached hydrogens (tertiary/aromatic N) is 2. The van der Waals surface area contributed by atoms with Gasteiger partial charge in [0.25, 0.3) is 0 Å². The molecule has 17 heteroatoms. The van der Waals surface area contributed by atoms with Gasteiger partial charge in [0, 0.05) is 24.3 Å². The SMILES string of the molecule is C[N+](C)(C)C[C@@H](O)CC(=O)O.C[N+](C)(C)C[C@@H](O)CC(=O)O.O=C(O)/C=C/C(=O)O.O=C(O)/C=C/C(=O)O.[Ca+2]. The van der Waals surface area contributed by atoms with Crippen LogP contribution in [0.3, 0.4) is 0 Å². The Bertz CT molecular complexity index is 730. The van der Waals surface area contributed by atoms with E-state index in [4.69, 9.17) is 40.9 Å². The van der Waals surface area contributed by atoms with Crippen molar-refractivity contribution in [3.05, 3.63) is 24.3 Å². The zero-order valence-corrected chi connectivity index (χ0v) is 25.1. The van der Waals surface area contributed by atoms with Gasteiger partial charge in [0.15, 0.2) is 0 Å². The Kier molecular flexibility index (Phi) is 29.0. The molecular weight excluding hydrogens is 556 g/mol. The van der Waals surface area contributed by atoms with Crippen molar-refractivity contribution in [2.75, 3.05) is 55.4 Å². The van der Waals surface area contributed by atoms with E-state index in [-0.39, 0.29) is 50.6 Å². The van der Waals surface area contributed by atoms with Crippen molar-refractivity contribution in [3.63, 3.8) is 0 Å². The van der Waals surface area contributed by atoms with Crippen LogP contribution < -0.4 is 0 Å². The summed E-state index contributed by atoms with van der Waals surface area (Å²) in [6.07, 6.45) is 0.403. The van der Waals surface area contributed by atoms with Crippen LogP contribution in [0.15, 0.2) is 24.3 Å². The Hall–Kier alpha value is -2.60. The van der Waals surface area contributed by atoms with Crippen molar-refractivity contribution in [1.82, 2.24) is 0 Å². The molecule has 0 aromatic heterocycles. The molecule has 0 rings (SSSR count). The summed E-state index contributed by atoms with van der Waals surface area (Å²) in [6, 6.07) is 0. The van der Waals surface area contributed by atoms with Crippen LogP contribution in [-0.2, 0) is 28.8 Å². The molecule has 0 unspecified atom stereocenters. The molecule has 39 heavy (non-hydrogen) atoms. The predicted molar refractivity (Wildman–Crippen MR) is 137 cm³/mol. The summed E-state index contributed by atoms with van der Waals surface area (Å²) in [4.78, 5) is 58.5. The van der Waals surface area contributed by atoms with Crippen LogP contribution in [0.4, 0.5) is 0 Å². The quantitative estimate of drug-likeness (QED) is 0.0695. The minimum atomic E-state index is -1.26. The first-order chi connectivity index (χ1) is 16.9. The van der Waals surface area contributed by atoms with Crippen LogP contribution in [0.5, 0.6) is 0 Å². The topological polar surface area (TPSA) is 264 Å². The average Bonchev–Trinajstić information content (AvgIpc) is 2.61. The summed E-state index contributed by atoms with van der Waals surface area (Å²) in [5.41, 5.74) is 0. The van der Waals surface area contributed by atoms with E-state index >= 15 is 0 Å². The number of likely N-dealkylation sites (N-methyl/N-ethyl adjacent to an activating group) is 2. The van der Waals surface area contributed by atoms with Crippen LogP contribution >= 0.6 is 0 Å². The van der Waals surface area contributed by atoms with Gasteiger partial charge in [-0.05, 0) is 0 Å². The maximum absolute atomic E-state index is 10.1. The van der Waals surface area contributed by atoms with Crippen LogP contribution in [0.2, 0.25) is 0 Å². The zero-order valence-electron chi connectivity index (χ0n) is 22.9. The molecule has 0 fully saturated rings. The summed E-state index contributed by atoms with van der Waals surface area (Å²) < 4.78 is 1.16. The van der Waals surface area contributed by atoms with E-state index in [2.05, 4.69) is 0 Å². The number of carbonyl (C=O) groups is 6. The molecule has 0 bridgehead atoms. The van der Waals surface area contributed by atoms with Crippen molar-refractivity contribution in [2.24, 2.45) is 0 Å². The smallest absolute Gasteiger partial charge is 0.481 e. The molecule has 0 spiro atoms. The summed E-state index contributed by atoms with van der Waals surface area (Å²) in [6.45, 7) is 0.929. The first kappa shape index (κ1) is 46.3. The van der Waals surface area contributed by atoms with Gasteiger partial charge in [-0.3, -0.25) is 9.59 Å². The predicted octanol–water partition coefficient (Wildman–Crippen LogP) is -1.90. The second-order valence-electron chi connectivity index (χ2n) is 9.47. The number of hydrogen-bond donors (Lipinski definition) is 8. The van der Waals surface area contributed by atoms with E-state index in [1.54, 1.807) is 0 Å². The van der Waals surface area contributed by atoms with Crippen molar-refractivity contribution < 1.29 is 78.6 Å². The Morgan fingerprint density at radius 1 is 0.513 bits per heavy atom. The number of carboxylic acid groups (broad SMARTS) is 6. The van der Waals surface area contributed by atoms with E-state index in [0.717, 1.165) is 0 Å². The van der Waals surface area contributed by atoms with Gasteiger partial charge in [0.2, 0.25) is 0 Å². The Labute approximate surface area is 255 Å². The molecule has 8 N–H and O–H groups in total. The van der Waals surface area contributed by atoms with Gasteiger partial charge in [0.05, 0.1) is 55.1 Å². The maximum Gasteiger partial charge on any atom is 2.00 e. The molecule has 0 heterocycles. The zero-order chi connectivity index (χ0) is 31.3. The second kappa shape index (κ2) is 24.4. The number of quaternary nitrogens is 2. The fourth-order valence-corrected chi connectivity index (χ4v) is 2.08. The van der Waals surface area contributed by atoms with E-state index < -0.39 is 48.0 Å². The molecule has 2 atom stereocenters. The molecule has 0 aliphatic carbocycles. The van der Waals surface area contributed by atoms with Gasteiger partial charge in [-0.1, -0.05) is 0 Å². The van der Waals surface area contributed by atoms with Gasteiger partial charge in [-0.2, -0.15) is 0 Å². The molecule has 220 valence electrons. The third-order valence-corrected chi connectivity index (χ3v) is 3.07. The van der Waals surface area contributed by atoms with Crippen LogP contribution in [0, 0.1) is 0 Å². The Morgan fingerprint density at radius 3 is 0.795 bits per heavy atom. The number of rotatable bonds is 12. The normalized spacial score (nSPS) is 12.1. The fraction of sp³-hybridized carbons (Fsp3) is 0.545. The molecule has 0 saturated heterocycles. The maximum atomic E-state index is 10.1. The molecule has 0 aromatic carbocycles. The molecule has 16 nitrogen and oxygen atoms in total. The number of aliphatic carboxylic acids is 6. The third-order valence-electron chi connectivity index (χ3n) is 3.07. The minimum Gasteiger partial charge on any atom is -0.481 e. The first-order valence-electron chi connectivity index (χ1n) is 10.6. The average molecular weight is 597 g/mol. The van der Waals surface area contributed by atoms with Crippen LogP contribution in [0.25, 0.3) is 0 Å². The molecule has 0 aliphatic rings. The van der Waals surface area contributed by atoms with Crippen molar-refractivity contribution in [3.8, 4) is 0 Å². The Balaban J connectivity index is -0.000000132. The molecule has 0 amide bonds.